The first kappa shape index (κ1) is 27.9. The summed E-state index contributed by atoms with van der Waals surface area (Å²) in [5.41, 5.74) is 3.38. The van der Waals surface area contributed by atoms with Crippen molar-refractivity contribution in [3.63, 3.8) is 0 Å². The van der Waals surface area contributed by atoms with Gasteiger partial charge in [-0.3, -0.25) is 14.5 Å². The smallest absolute Gasteiger partial charge is 0.260 e. The maximum atomic E-state index is 13.9. The third kappa shape index (κ3) is 7.13. The topological polar surface area (TPSA) is 55.9 Å². The molecule has 1 aliphatic carbocycles. The summed E-state index contributed by atoms with van der Waals surface area (Å²) >= 11 is 1.72. The molecule has 3 fully saturated rings. The van der Waals surface area contributed by atoms with Crippen molar-refractivity contribution in [1.29, 1.82) is 0 Å². The fourth-order valence-electron chi connectivity index (χ4n) is 6.13. The van der Waals surface area contributed by atoms with Crippen LogP contribution in [0, 0.1) is 12.8 Å². The lowest BCUT2D eigenvalue weighted by Crippen LogP contribution is -2.54. The lowest BCUT2D eigenvalue weighted by molar-refractivity contribution is -0.133. The molecule has 6 nitrogen and oxygen atoms in total. The summed E-state index contributed by atoms with van der Waals surface area (Å²) in [6, 6.07) is 18.6. The molecule has 2 heterocycles. The Morgan fingerprint density at radius 2 is 1.79 bits per heavy atom. The predicted molar refractivity (Wildman–Crippen MR) is 160 cm³/mol. The van der Waals surface area contributed by atoms with E-state index in [0.717, 1.165) is 74.6 Å². The Morgan fingerprint density at radius 1 is 1.03 bits per heavy atom. The van der Waals surface area contributed by atoms with Gasteiger partial charge in [0.25, 0.3) is 5.91 Å². The van der Waals surface area contributed by atoms with Crippen molar-refractivity contribution in [2.45, 2.75) is 50.9 Å². The van der Waals surface area contributed by atoms with Crippen molar-refractivity contribution in [2.24, 2.45) is 5.92 Å². The molecule has 2 aliphatic heterocycles. The molecule has 2 amide bonds. The van der Waals surface area contributed by atoms with Gasteiger partial charge in [0.2, 0.25) is 5.91 Å². The van der Waals surface area contributed by atoms with Gasteiger partial charge in [-0.1, -0.05) is 67.1 Å². The van der Waals surface area contributed by atoms with Gasteiger partial charge in [-0.2, -0.15) is 0 Å². The number of amides is 2. The summed E-state index contributed by atoms with van der Waals surface area (Å²) in [7, 11) is 0. The molecule has 0 radical (unpaired) electrons. The van der Waals surface area contributed by atoms with Crippen LogP contribution < -0.4 is 5.32 Å². The van der Waals surface area contributed by atoms with Gasteiger partial charge in [-0.05, 0) is 49.9 Å². The summed E-state index contributed by atoms with van der Waals surface area (Å²) in [6.45, 7) is 12.0. The van der Waals surface area contributed by atoms with E-state index in [1.54, 1.807) is 11.8 Å². The number of benzene rings is 2. The number of piperazine rings is 1. The molecule has 39 heavy (non-hydrogen) atoms. The van der Waals surface area contributed by atoms with Crippen molar-refractivity contribution < 1.29 is 9.59 Å². The summed E-state index contributed by atoms with van der Waals surface area (Å²) in [6.07, 6.45) is 4.58. The van der Waals surface area contributed by atoms with E-state index in [0.29, 0.717) is 18.3 Å². The molecule has 5 rings (SSSR count). The lowest BCUT2D eigenvalue weighted by atomic mass is 9.83. The first-order valence-electron chi connectivity index (χ1n) is 14.5. The van der Waals surface area contributed by atoms with E-state index in [-0.39, 0.29) is 23.8 Å². The number of carbonyl (C=O) groups is 2. The molecule has 0 aromatic heterocycles. The monoisotopic (exact) mass is 546 g/mol. The average molecular weight is 547 g/mol. The number of hydrogen-bond acceptors (Lipinski definition) is 5. The van der Waals surface area contributed by atoms with Gasteiger partial charge in [-0.25, -0.2) is 0 Å². The zero-order valence-electron chi connectivity index (χ0n) is 23.4. The summed E-state index contributed by atoms with van der Waals surface area (Å²) in [5.74, 6) is 0.189. The van der Waals surface area contributed by atoms with Crippen LogP contribution in [0.5, 0.6) is 0 Å². The van der Waals surface area contributed by atoms with Crippen LogP contribution in [-0.4, -0.2) is 83.6 Å². The summed E-state index contributed by atoms with van der Waals surface area (Å²) in [5, 5.41) is 3.54. The van der Waals surface area contributed by atoms with Crippen molar-refractivity contribution in [3.05, 3.63) is 76.2 Å². The van der Waals surface area contributed by atoms with E-state index in [2.05, 4.69) is 58.1 Å². The highest BCUT2D eigenvalue weighted by Crippen LogP contribution is 2.44. The van der Waals surface area contributed by atoms with Crippen LogP contribution in [0.4, 0.5) is 0 Å². The van der Waals surface area contributed by atoms with Gasteiger partial charge in [0.05, 0.1) is 4.91 Å². The number of hydrogen-bond donors (Lipinski definition) is 1. The molecule has 2 aromatic carbocycles. The maximum absolute atomic E-state index is 13.9. The van der Waals surface area contributed by atoms with E-state index in [1.165, 1.54) is 5.56 Å². The number of aryl methyl sites for hydroxylation is 1. The van der Waals surface area contributed by atoms with Gasteiger partial charge >= 0.3 is 0 Å². The summed E-state index contributed by atoms with van der Waals surface area (Å²) in [4.78, 5) is 34.9. The molecule has 3 unspecified atom stereocenters. The Bertz CT molecular complexity index is 1160. The maximum Gasteiger partial charge on any atom is 0.260 e. The molecule has 3 aliphatic rings. The van der Waals surface area contributed by atoms with Gasteiger partial charge in [0.1, 0.15) is 0 Å². The van der Waals surface area contributed by atoms with Gasteiger partial charge < -0.3 is 15.1 Å². The molecular formula is C32H42N4O2S. The van der Waals surface area contributed by atoms with E-state index >= 15 is 0 Å². The predicted octanol–water partition coefficient (Wildman–Crippen LogP) is 4.40. The SMILES string of the molecule is CCN1CCN(CCNC(=O)C2CCC3S/C(=C\c4ccccc4)C(=O)N(Cc4cccc(C)c4)C3C2)CC1. The van der Waals surface area contributed by atoms with Gasteiger partial charge in [0, 0.05) is 63.0 Å². The third-order valence-corrected chi connectivity index (χ3v) is 9.85. The van der Waals surface area contributed by atoms with Crippen LogP contribution in [0.3, 0.4) is 0 Å². The van der Waals surface area contributed by atoms with Gasteiger partial charge in [-0.15, -0.1) is 11.8 Å². The molecule has 2 saturated heterocycles. The van der Waals surface area contributed by atoms with E-state index in [9.17, 15) is 9.59 Å². The minimum atomic E-state index is -0.0451. The zero-order chi connectivity index (χ0) is 27.2. The van der Waals surface area contributed by atoms with Crippen LogP contribution in [0.2, 0.25) is 0 Å². The second kappa shape index (κ2) is 13.2. The average Bonchev–Trinajstić information content (AvgIpc) is 2.96. The fourth-order valence-corrected chi connectivity index (χ4v) is 7.55. The van der Waals surface area contributed by atoms with Crippen LogP contribution in [-0.2, 0) is 16.1 Å². The molecule has 0 bridgehead atoms. The number of likely N-dealkylation sites (N-methyl/N-ethyl adjacent to an activating group) is 1. The van der Waals surface area contributed by atoms with Crippen molar-refractivity contribution in [2.75, 3.05) is 45.8 Å². The third-order valence-electron chi connectivity index (χ3n) is 8.45. The largest absolute Gasteiger partial charge is 0.355 e. The van der Waals surface area contributed by atoms with E-state index < -0.39 is 0 Å². The number of nitrogens with zero attached hydrogens (tertiary/aromatic N) is 3. The normalized spacial score (nSPS) is 25.5. The Kier molecular flexibility index (Phi) is 9.43. The Morgan fingerprint density at radius 3 is 2.54 bits per heavy atom. The van der Waals surface area contributed by atoms with Gasteiger partial charge in [0.15, 0.2) is 0 Å². The number of fused-ring (bicyclic) bond motifs is 1. The molecule has 1 saturated carbocycles. The highest BCUT2D eigenvalue weighted by atomic mass is 32.2. The minimum Gasteiger partial charge on any atom is -0.355 e. The van der Waals surface area contributed by atoms with Crippen molar-refractivity contribution >= 4 is 29.7 Å². The molecule has 208 valence electrons. The molecule has 3 atom stereocenters. The minimum absolute atomic E-state index is 0.0451. The molecule has 1 N–H and O–H groups in total. The highest BCUT2D eigenvalue weighted by molar-refractivity contribution is 8.04. The fraction of sp³-hybridized carbons (Fsp3) is 0.500. The second-order valence-corrected chi connectivity index (χ2v) is 12.4. The Balaban J connectivity index is 1.25. The number of carbonyl (C=O) groups excluding carboxylic acids is 2. The standard InChI is InChI=1S/C32H42N4O2S/c1-3-34-16-18-35(19-17-34)15-14-33-31(37)27-12-13-29-28(22-27)36(23-26-11-7-8-24(2)20-26)32(38)30(39-29)21-25-9-5-4-6-10-25/h4-11,20-21,27-29H,3,12-19,22-23H2,1-2H3,(H,33,37)/b30-21-. The second-order valence-electron chi connectivity index (χ2n) is 11.1. The number of rotatable bonds is 8. The van der Waals surface area contributed by atoms with Crippen LogP contribution in [0.15, 0.2) is 59.5 Å². The lowest BCUT2D eigenvalue weighted by Gasteiger charge is -2.46. The highest BCUT2D eigenvalue weighted by Gasteiger charge is 2.44. The molecule has 2 aromatic rings. The van der Waals surface area contributed by atoms with Crippen LogP contribution in [0.25, 0.3) is 6.08 Å². The van der Waals surface area contributed by atoms with Crippen molar-refractivity contribution in [1.82, 2.24) is 20.0 Å². The quantitative estimate of drug-likeness (QED) is 0.498. The molecule has 0 spiro atoms. The van der Waals surface area contributed by atoms with E-state index in [1.807, 2.05) is 36.4 Å². The number of thioether (sulfide) groups is 1. The summed E-state index contributed by atoms with van der Waals surface area (Å²) < 4.78 is 0. The Hall–Kier alpha value is -2.61. The van der Waals surface area contributed by atoms with Crippen molar-refractivity contribution in [3.8, 4) is 0 Å². The molecule has 7 heteroatoms. The first-order chi connectivity index (χ1) is 19.0. The number of nitrogens with one attached hydrogen (secondary N) is 1. The molecular weight excluding hydrogens is 504 g/mol. The van der Waals surface area contributed by atoms with Crippen LogP contribution >= 0.6 is 11.8 Å². The first-order valence-corrected chi connectivity index (χ1v) is 15.4. The Labute approximate surface area is 237 Å². The van der Waals surface area contributed by atoms with Crippen LogP contribution in [0.1, 0.15) is 42.9 Å². The van der Waals surface area contributed by atoms with E-state index in [4.69, 9.17) is 0 Å². The zero-order valence-corrected chi connectivity index (χ0v) is 24.2.